The van der Waals surface area contributed by atoms with E-state index in [2.05, 4.69) is 39.0 Å². The highest BCUT2D eigenvalue weighted by Gasteiger charge is 2.19. The molecule has 0 spiro atoms. The largest absolute Gasteiger partial charge is 0.378 e. The van der Waals surface area contributed by atoms with Crippen molar-refractivity contribution in [1.29, 1.82) is 0 Å². The average molecular weight is 365 g/mol. The van der Waals surface area contributed by atoms with E-state index < -0.39 is 0 Å². The van der Waals surface area contributed by atoms with Crippen molar-refractivity contribution in [2.45, 2.75) is 12.8 Å². The molecule has 0 unspecified atom stereocenters. The van der Waals surface area contributed by atoms with Crippen molar-refractivity contribution >= 4 is 45.0 Å². The molecule has 7 heteroatoms. The molecule has 0 atom stereocenters. The third kappa shape index (κ3) is 3.42. The Kier molecular flexibility index (Phi) is 4.72. The molecule has 4 heterocycles. The van der Waals surface area contributed by atoms with Crippen LogP contribution in [0.4, 0.5) is 5.82 Å². The van der Waals surface area contributed by atoms with E-state index in [1.54, 1.807) is 11.3 Å². The lowest BCUT2D eigenvalue weighted by Gasteiger charge is -2.28. The van der Waals surface area contributed by atoms with Crippen LogP contribution >= 0.6 is 22.9 Å². The first-order valence-corrected chi connectivity index (χ1v) is 9.56. The van der Waals surface area contributed by atoms with Crippen LogP contribution in [0.2, 0.25) is 5.28 Å². The number of hydrogen-bond acceptors (Lipinski definition) is 6. The molecule has 2 aromatic heterocycles. The zero-order valence-electron chi connectivity index (χ0n) is 13.8. The molecular formula is C17H21ClN4OS. The molecule has 0 N–H and O–H groups in total. The number of hydrogen-bond donors (Lipinski definition) is 0. The molecule has 2 saturated heterocycles. The Balaban J connectivity index is 1.68. The van der Waals surface area contributed by atoms with Crippen LogP contribution in [-0.2, 0) is 4.74 Å². The van der Waals surface area contributed by atoms with E-state index in [1.807, 2.05) is 0 Å². The van der Waals surface area contributed by atoms with Crippen LogP contribution in [0.3, 0.4) is 0 Å². The summed E-state index contributed by atoms with van der Waals surface area (Å²) in [6, 6.07) is 2.14. The van der Waals surface area contributed by atoms with E-state index in [0.29, 0.717) is 5.28 Å². The second-order valence-corrected chi connectivity index (χ2v) is 7.81. The number of morpholine rings is 1. The molecule has 2 aliphatic rings. The number of anilines is 1. The zero-order valence-corrected chi connectivity index (χ0v) is 15.4. The number of aromatic nitrogens is 2. The van der Waals surface area contributed by atoms with Crippen molar-refractivity contribution in [1.82, 2.24) is 14.9 Å². The van der Waals surface area contributed by atoms with Gasteiger partial charge in [0.2, 0.25) is 5.28 Å². The molecule has 0 bridgehead atoms. The van der Waals surface area contributed by atoms with Crippen LogP contribution in [0.15, 0.2) is 11.6 Å². The second kappa shape index (κ2) is 6.96. The highest BCUT2D eigenvalue weighted by Crippen LogP contribution is 2.35. The number of piperidine rings is 1. The fraction of sp³-hybridized carbons (Fsp3) is 0.529. The van der Waals surface area contributed by atoms with Gasteiger partial charge >= 0.3 is 0 Å². The maximum Gasteiger partial charge on any atom is 0.224 e. The van der Waals surface area contributed by atoms with Gasteiger partial charge in [-0.25, -0.2) is 4.98 Å². The van der Waals surface area contributed by atoms with Crippen LogP contribution in [0, 0.1) is 0 Å². The van der Waals surface area contributed by atoms with Crippen LogP contribution < -0.4 is 4.90 Å². The van der Waals surface area contributed by atoms with Gasteiger partial charge < -0.3 is 14.5 Å². The van der Waals surface area contributed by atoms with Gasteiger partial charge in [0.25, 0.3) is 0 Å². The summed E-state index contributed by atoms with van der Waals surface area (Å²) in [5.41, 5.74) is 2.47. The quantitative estimate of drug-likeness (QED) is 0.765. The first kappa shape index (κ1) is 16.3. The molecule has 24 heavy (non-hydrogen) atoms. The highest BCUT2D eigenvalue weighted by atomic mass is 35.5. The third-order valence-electron chi connectivity index (χ3n) is 4.63. The van der Waals surface area contributed by atoms with Gasteiger partial charge in [-0.2, -0.15) is 4.98 Å². The standard InChI is InChI=1S/C17H21ClN4OS/c1-21-4-2-12(3-5-21)10-13-11-14-15(24-13)16(20-17(18)19-14)22-6-8-23-9-7-22/h10-11H,2-9H2,1H3. The van der Waals surface area contributed by atoms with Crippen LogP contribution in [-0.4, -0.2) is 61.3 Å². The normalized spacial score (nSPS) is 19.9. The Bertz CT molecular complexity index is 759. The summed E-state index contributed by atoms with van der Waals surface area (Å²) in [7, 11) is 2.18. The maximum atomic E-state index is 6.16. The van der Waals surface area contributed by atoms with E-state index in [1.165, 1.54) is 10.5 Å². The smallest absolute Gasteiger partial charge is 0.224 e. The lowest BCUT2D eigenvalue weighted by molar-refractivity contribution is 0.122. The van der Waals surface area contributed by atoms with Crippen LogP contribution in [0.25, 0.3) is 16.3 Å². The number of rotatable bonds is 2. The topological polar surface area (TPSA) is 41.5 Å². The SMILES string of the molecule is CN1CCC(=Cc2cc3nc(Cl)nc(N4CCOCC4)c3s2)CC1. The van der Waals surface area contributed by atoms with Gasteiger partial charge in [-0.1, -0.05) is 5.57 Å². The Hall–Kier alpha value is -1.21. The minimum absolute atomic E-state index is 0.320. The molecule has 5 nitrogen and oxygen atoms in total. The predicted octanol–water partition coefficient (Wildman–Crippen LogP) is 3.29. The van der Waals surface area contributed by atoms with E-state index >= 15 is 0 Å². The van der Waals surface area contributed by atoms with Gasteiger partial charge in [0.15, 0.2) is 5.82 Å². The fourth-order valence-electron chi connectivity index (χ4n) is 3.22. The second-order valence-electron chi connectivity index (χ2n) is 6.38. The molecule has 0 aromatic carbocycles. The summed E-state index contributed by atoms with van der Waals surface area (Å²) in [6.45, 7) is 5.45. The van der Waals surface area contributed by atoms with E-state index in [0.717, 1.165) is 68.3 Å². The van der Waals surface area contributed by atoms with Gasteiger partial charge in [-0.05, 0) is 43.6 Å². The summed E-state index contributed by atoms with van der Waals surface area (Å²) in [5, 5.41) is 0.320. The Morgan fingerprint density at radius 1 is 1.17 bits per heavy atom. The van der Waals surface area contributed by atoms with Gasteiger partial charge in [0, 0.05) is 31.1 Å². The van der Waals surface area contributed by atoms with Crippen LogP contribution in [0.1, 0.15) is 17.7 Å². The third-order valence-corrected chi connectivity index (χ3v) is 5.87. The Morgan fingerprint density at radius 3 is 2.67 bits per heavy atom. The van der Waals surface area contributed by atoms with Crippen molar-refractivity contribution in [2.75, 3.05) is 51.3 Å². The maximum absolute atomic E-state index is 6.16. The van der Waals surface area contributed by atoms with Crippen LogP contribution in [0.5, 0.6) is 0 Å². The van der Waals surface area contributed by atoms with Gasteiger partial charge in [-0.3, -0.25) is 0 Å². The van der Waals surface area contributed by atoms with Gasteiger partial charge in [-0.15, -0.1) is 11.3 Å². The first-order valence-electron chi connectivity index (χ1n) is 8.37. The number of fused-ring (bicyclic) bond motifs is 1. The number of ether oxygens (including phenoxy) is 1. The first-order chi connectivity index (χ1) is 11.7. The van der Waals surface area contributed by atoms with Crippen molar-refractivity contribution in [3.8, 4) is 0 Å². The van der Waals surface area contributed by atoms with Gasteiger partial charge in [0.1, 0.15) is 0 Å². The number of thiophene rings is 1. The molecule has 0 saturated carbocycles. The Labute approximate surface area is 150 Å². The van der Waals surface area contributed by atoms with Crippen molar-refractivity contribution in [3.63, 3.8) is 0 Å². The molecule has 2 aliphatic heterocycles. The predicted molar refractivity (Wildman–Crippen MR) is 100 cm³/mol. The monoisotopic (exact) mass is 364 g/mol. The fourth-order valence-corrected chi connectivity index (χ4v) is 4.50. The molecular weight excluding hydrogens is 344 g/mol. The summed E-state index contributed by atoms with van der Waals surface area (Å²) >= 11 is 7.93. The summed E-state index contributed by atoms with van der Waals surface area (Å²) < 4.78 is 6.58. The summed E-state index contributed by atoms with van der Waals surface area (Å²) in [4.78, 5) is 14.8. The molecule has 0 aliphatic carbocycles. The number of halogens is 1. The highest BCUT2D eigenvalue weighted by molar-refractivity contribution is 7.20. The Morgan fingerprint density at radius 2 is 1.92 bits per heavy atom. The molecule has 0 radical (unpaired) electrons. The van der Waals surface area contributed by atoms with Crippen molar-refractivity contribution < 1.29 is 4.74 Å². The van der Waals surface area contributed by atoms with E-state index in [9.17, 15) is 0 Å². The minimum Gasteiger partial charge on any atom is -0.378 e. The molecule has 2 aromatic rings. The zero-order chi connectivity index (χ0) is 16.5. The molecule has 2 fully saturated rings. The lowest BCUT2D eigenvalue weighted by Crippen LogP contribution is -2.36. The van der Waals surface area contributed by atoms with Crippen molar-refractivity contribution in [2.24, 2.45) is 0 Å². The molecule has 128 valence electrons. The average Bonchev–Trinajstić information content (AvgIpc) is 2.99. The number of nitrogens with zero attached hydrogens (tertiary/aromatic N) is 4. The number of likely N-dealkylation sites (tertiary alicyclic amines) is 1. The lowest BCUT2D eigenvalue weighted by atomic mass is 10.0. The molecule has 4 rings (SSSR count). The van der Waals surface area contributed by atoms with E-state index in [-0.39, 0.29) is 0 Å². The molecule has 0 amide bonds. The minimum atomic E-state index is 0.320. The van der Waals surface area contributed by atoms with Crippen molar-refractivity contribution in [3.05, 3.63) is 21.8 Å². The van der Waals surface area contributed by atoms with E-state index in [4.69, 9.17) is 16.3 Å². The summed E-state index contributed by atoms with van der Waals surface area (Å²) in [5.74, 6) is 0.950. The van der Waals surface area contributed by atoms with Gasteiger partial charge in [0.05, 0.1) is 23.4 Å². The summed E-state index contributed by atoms with van der Waals surface area (Å²) in [6.07, 6.45) is 4.62.